The molecule has 43 heavy (non-hydrogen) atoms. The van der Waals surface area contributed by atoms with Gasteiger partial charge in [0.25, 0.3) is 5.78 Å². The van der Waals surface area contributed by atoms with Crippen molar-refractivity contribution < 1.29 is 28.6 Å². The van der Waals surface area contributed by atoms with Gasteiger partial charge in [0.05, 0.1) is 24.8 Å². The molecule has 2 heterocycles. The lowest BCUT2D eigenvalue weighted by Gasteiger charge is -2.23. The Morgan fingerprint density at radius 2 is 1.77 bits per heavy atom. The van der Waals surface area contributed by atoms with E-state index in [0.717, 1.165) is 18.4 Å². The van der Waals surface area contributed by atoms with Gasteiger partial charge in [-0.2, -0.15) is 0 Å². The summed E-state index contributed by atoms with van der Waals surface area (Å²) in [5.41, 5.74) is 1.66. The summed E-state index contributed by atoms with van der Waals surface area (Å²) in [7, 11) is 0. The molecule has 1 atom stereocenters. The van der Waals surface area contributed by atoms with E-state index in [1.807, 2.05) is 37.3 Å². The second kappa shape index (κ2) is 13.8. The maximum Gasteiger partial charge on any atom is 0.301 e. The molecule has 11 heteroatoms. The second-order valence-electron chi connectivity index (χ2n) is 9.64. The largest absolute Gasteiger partial charge is 0.507 e. The second-order valence-corrected chi connectivity index (χ2v) is 11.8. The number of benzene rings is 3. The third kappa shape index (κ3) is 6.73. The lowest BCUT2D eigenvalue weighted by atomic mass is 9.95. The van der Waals surface area contributed by atoms with Crippen LogP contribution in [-0.4, -0.2) is 40.2 Å². The van der Waals surface area contributed by atoms with Crippen LogP contribution in [0.15, 0.2) is 82.7 Å². The number of hydrogen-bond donors (Lipinski definition) is 1. The molecule has 0 saturated carbocycles. The van der Waals surface area contributed by atoms with E-state index in [4.69, 9.17) is 9.47 Å². The highest BCUT2D eigenvalue weighted by atomic mass is 32.2. The van der Waals surface area contributed by atoms with Crippen molar-refractivity contribution in [2.75, 3.05) is 18.1 Å². The number of aliphatic hydroxyl groups is 1. The molecule has 1 aliphatic rings. The molecule has 1 saturated heterocycles. The highest BCUT2D eigenvalue weighted by Crippen LogP contribution is 2.45. The first-order valence-electron chi connectivity index (χ1n) is 13.9. The first kappa shape index (κ1) is 30.2. The number of ketones is 1. The van der Waals surface area contributed by atoms with Gasteiger partial charge in [0.2, 0.25) is 5.13 Å². The molecule has 1 aromatic heterocycles. The van der Waals surface area contributed by atoms with Crippen LogP contribution in [-0.2, 0) is 15.3 Å². The number of thioether (sulfide) groups is 1. The van der Waals surface area contributed by atoms with Crippen molar-refractivity contribution in [3.05, 3.63) is 101 Å². The lowest BCUT2D eigenvalue weighted by molar-refractivity contribution is -0.132. The Balaban J connectivity index is 1.57. The van der Waals surface area contributed by atoms with Crippen molar-refractivity contribution >= 4 is 45.7 Å². The number of hydrogen-bond acceptors (Lipinski definition) is 9. The Morgan fingerprint density at radius 1 is 1.00 bits per heavy atom. The number of Topliss-reactive ketones (excluding diaryl/α,β-unsaturated/α-hetero) is 1. The molecule has 222 valence electrons. The van der Waals surface area contributed by atoms with Crippen LogP contribution in [0.1, 0.15) is 49.4 Å². The molecule has 1 N–H and O–H groups in total. The minimum atomic E-state index is -1.05. The van der Waals surface area contributed by atoms with Crippen LogP contribution in [0.25, 0.3) is 5.76 Å². The first-order chi connectivity index (χ1) is 20.9. The number of unbranched alkanes of at least 4 members (excludes halogenated alkanes) is 1. The average Bonchev–Trinajstić information content (AvgIpc) is 3.59. The minimum absolute atomic E-state index is 0.146. The van der Waals surface area contributed by atoms with Gasteiger partial charge in [-0.3, -0.25) is 14.5 Å². The lowest BCUT2D eigenvalue weighted by Crippen LogP contribution is -2.29. The minimum Gasteiger partial charge on any atom is -0.507 e. The summed E-state index contributed by atoms with van der Waals surface area (Å²) in [4.78, 5) is 28.4. The monoisotopic (exact) mass is 619 g/mol. The SMILES string of the molecule is CCCCOc1ccc(C2/C(=C(\O)c3ccc(F)cc3)C(=O)C(=O)N2c2nnc(SCc3ccccc3)s2)cc1OCC. The van der Waals surface area contributed by atoms with Gasteiger partial charge in [-0.25, -0.2) is 4.39 Å². The van der Waals surface area contributed by atoms with Crippen molar-refractivity contribution in [2.24, 2.45) is 0 Å². The summed E-state index contributed by atoms with van der Waals surface area (Å²) >= 11 is 2.65. The van der Waals surface area contributed by atoms with Crippen LogP contribution in [0, 0.1) is 5.82 Å². The fourth-order valence-electron chi connectivity index (χ4n) is 4.59. The van der Waals surface area contributed by atoms with Gasteiger partial charge in [0.1, 0.15) is 11.6 Å². The van der Waals surface area contributed by atoms with E-state index in [2.05, 4.69) is 17.1 Å². The Morgan fingerprint density at radius 3 is 2.49 bits per heavy atom. The number of nitrogens with zero attached hydrogens (tertiary/aromatic N) is 3. The molecule has 5 rings (SSSR count). The van der Waals surface area contributed by atoms with Crippen molar-refractivity contribution in [1.29, 1.82) is 0 Å². The number of aromatic nitrogens is 2. The zero-order valence-corrected chi connectivity index (χ0v) is 25.3. The quantitative estimate of drug-likeness (QED) is 0.0445. The zero-order chi connectivity index (χ0) is 30.3. The van der Waals surface area contributed by atoms with Crippen molar-refractivity contribution in [1.82, 2.24) is 10.2 Å². The van der Waals surface area contributed by atoms with E-state index >= 15 is 0 Å². The number of amides is 1. The summed E-state index contributed by atoms with van der Waals surface area (Å²) in [5.74, 6) is -1.03. The molecule has 1 amide bonds. The van der Waals surface area contributed by atoms with E-state index < -0.39 is 29.3 Å². The predicted octanol–water partition coefficient (Wildman–Crippen LogP) is 7.17. The van der Waals surface area contributed by atoms with E-state index in [9.17, 15) is 19.1 Å². The molecule has 0 radical (unpaired) electrons. The Labute approximate surface area is 257 Å². The first-order valence-corrected chi connectivity index (χ1v) is 15.7. The highest BCUT2D eigenvalue weighted by Gasteiger charge is 2.48. The summed E-state index contributed by atoms with van der Waals surface area (Å²) in [6.45, 7) is 4.78. The number of anilines is 1. The van der Waals surface area contributed by atoms with Gasteiger partial charge >= 0.3 is 5.91 Å². The summed E-state index contributed by atoms with van der Waals surface area (Å²) in [6, 6.07) is 19.1. The molecule has 1 unspecified atom stereocenters. The number of aliphatic hydroxyl groups excluding tert-OH is 1. The number of halogens is 1. The fourth-order valence-corrected chi connectivity index (χ4v) is 6.42. The third-order valence-corrected chi connectivity index (χ3v) is 8.83. The summed E-state index contributed by atoms with van der Waals surface area (Å²) < 4.78 is 26.1. The maximum atomic E-state index is 13.7. The van der Waals surface area contributed by atoms with Crippen LogP contribution in [0.5, 0.6) is 11.5 Å². The van der Waals surface area contributed by atoms with Crippen LogP contribution in [0.4, 0.5) is 9.52 Å². The Bertz CT molecular complexity index is 1630. The number of carbonyl (C=O) groups excluding carboxylic acids is 2. The van der Waals surface area contributed by atoms with Crippen molar-refractivity contribution in [3.63, 3.8) is 0 Å². The molecule has 1 fully saturated rings. The van der Waals surface area contributed by atoms with Gasteiger partial charge in [0.15, 0.2) is 15.8 Å². The molecule has 0 spiro atoms. The summed E-state index contributed by atoms with van der Waals surface area (Å²) in [5, 5.41) is 20.1. The van der Waals surface area contributed by atoms with Crippen LogP contribution in [0.3, 0.4) is 0 Å². The van der Waals surface area contributed by atoms with E-state index in [-0.39, 0.29) is 16.3 Å². The van der Waals surface area contributed by atoms with Crippen LogP contribution >= 0.6 is 23.1 Å². The summed E-state index contributed by atoms with van der Waals surface area (Å²) in [6.07, 6.45) is 1.83. The van der Waals surface area contributed by atoms with Crippen molar-refractivity contribution in [3.8, 4) is 11.5 Å². The standard InChI is InChI=1S/C32H30FN3O5S2/c1-3-5-17-41-24-16-13-22(18-25(24)40-4-2)27-26(28(37)21-11-14-23(33)15-12-21)29(38)30(39)36(27)31-34-35-32(43-31)42-19-20-9-7-6-8-10-20/h6-16,18,27,37H,3-5,17,19H2,1-2H3/b28-26+. The topological polar surface area (TPSA) is 102 Å². The van der Waals surface area contributed by atoms with Crippen LogP contribution in [0.2, 0.25) is 0 Å². The van der Waals surface area contributed by atoms with Gasteiger partial charge in [-0.05, 0) is 60.9 Å². The van der Waals surface area contributed by atoms with Gasteiger partial charge in [0, 0.05) is 11.3 Å². The molecule has 0 bridgehead atoms. The van der Waals surface area contributed by atoms with Gasteiger partial charge < -0.3 is 14.6 Å². The van der Waals surface area contributed by atoms with Gasteiger partial charge in [-0.1, -0.05) is 72.8 Å². The fraction of sp³-hybridized carbons (Fsp3) is 0.250. The molecule has 8 nitrogen and oxygen atoms in total. The van der Waals surface area contributed by atoms with Gasteiger partial charge in [-0.15, -0.1) is 10.2 Å². The predicted molar refractivity (Wildman–Crippen MR) is 165 cm³/mol. The Hall–Kier alpha value is -4.22. The highest BCUT2D eigenvalue weighted by molar-refractivity contribution is 8.00. The third-order valence-electron chi connectivity index (χ3n) is 6.71. The Kier molecular flexibility index (Phi) is 9.73. The molecular weight excluding hydrogens is 590 g/mol. The number of rotatable bonds is 12. The molecule has 0 aliphatic carbocycles. The molecule has 3 aromatic carbocycles. The normalized spacial score (nSPS) is 16.1. The smallest absolute Gasteiger partial charge is 0.301 e. The van der Waals surface area contributed by atoms with Crippen molar-refractivity contribution in [2.45, 2.75) is 42.8 Å². The molecule has 4 aromatic rings. The van der Waals surface area contributed by atoms with Crippen LogP contribution < -0.4 is 14.4 Å². The van der Waals surface area contributed by atoms with E-state index in [0.29, 0.717) is 40.4 Å². The zero-order valence-electron chi connectivity index (χ0n) is 23.7. The number of carbonyl (C=O) groups is 2. The number of ether oxygens (including phenoxy) is 2. The molecule has 1 aliphatic heterocycles. The molecular formula is C32H30FN3O5S2. The maximum absolute atomic E-state index is 13.7. The average molecular weight is 620 g/mol. The van der Waals surface area contributed by atoms with E-state index in [1.165, 1.54) is 52.3 Å². The van der Waals surface area contributed by atoms with E-state index in [1.54, 1.807) is 18.2 Å².